The normalized spacial score (nSPS) is 11.6. The number of rotatable bonds is 6. The van der Waals surface area contributed by atoms with Crippen molar-refractivity contribution in [1.29, 1.82) is 0 Å². The number of phenols is 1. The number of para-hydroxylation sites is 1. The van der Waals surface area contributed by atoms with Gasteiger partial charge in [0.15, 0.2) is 0 Å². The molecule has 5 nitrogen and oxygen atoms in total. The van der Waals surface area contributed by atoms with Gasteiger partial charge in [-0.05, 0) is 19.0 Å². The summed E-state index contributed by atoms with van der Waals surface area (Å²) in [5.41, 5.74) is 0.790. The van der Waals surface area contributed by atoms with Gasteiger partial charge in [0, 0.05) is 12.1 Å². The highest BCUT2D eigenvalue weighted by Gasteiger charge is 2.02. The highest BCUT2D eigenvalue weighted by atomic mass is 32.2. The number of nitrogens with two attached hydrogens (primary N) is 1. The van der Waals surface area contributed by atoms with Gasteiger partial charge >= 0.3 is 0 Å². The molecule has 0 radical (unpaired) electrons. The van der Waals surface area contributed by atoms with E-state index in [0.717, 1.165) is 5.56 Å². The summed E-state index contributed by atoms with van der Waals surface area (Å²) < 4.78 is 21.3. The van der Waals surface area contributed by atoms with Crippen molar-refractivity contribution >= 4 is 10.0 Å². The molecule has 1 aromatic rings. The highest BCUT2D eigenvalue weighted by Crippen LogP contribution is 2.14. The molecule has 0 spiro atoms. The number of sulfonamides is 1. The van der Waals surface area contributed by atoms with E-state index >= 15 is 0 Å². The van der Waals surface area contributed by atoms with Gasteiger partial charge in [-0.25, -0.2) is 13.6 Å². The predicted octanol–water partition coefficient (Wildman–Crippen LogP) is 0.160. The van der Waals surface area contributed by atoms with Crippen LogP contribution in [0.15, 0.2) is 24.3 Å². The summed E-state index contributed by atoms with van der Waals surface area (Å²) in [7, 11) is -3.37. The molecule has 1 aromatic carbocycles. The summed E-state index contributed by atoms with van der Waals surface area (Å²) in [5.74, 6) is 0.210. The molecule has 0 heterocycles. The summed E-state index contributed by atoms with van der Waals surface area (Å²) in [5, 5.41) is 17.3. The Bertz CT molecular complexity index is 431. The fourth-order valence-electron chi connectivity index (χ4n) is 1.28. The molecule has 16 heavy (non-hydrogen) atoms. The molecule has 0 atom stereocenters. The lowest BCUT2D eigenvalue weighted by molar-refractivity contribution is 0.464. The third-order valence-electron chi connectivity index (χ3n) is 2.09. The topological polar surface area (TPSA) is 92.4 Å². The highest BCUT2D eigenvalue weighted by molar-refractivity contribution is 7.89. The van der Waals surface area contributed by atoms with Gasteiger partial charge in [-0.15, -0.1) is 0 Å². The van der Waals surface area contributed by atoms with Crippen molar-refractivity contribution in [2.45, 2.75) is 13.0 Å². The van der Waals surface area contributed by atoms with Gasteiger partial charge in [-0.2, -0.15) is 0 Å². The molecule has 0 aliphatic heterocycles. The van der Waals surface area contributed by atoms with Crippen LogP contribution in [0.5, 0.6) is 5.75 Å². The van der Waals surface area contributed by atoms with Crippen molar-refractivity contribution in [3.05, 3.63) is 29.8 Å². The Balaban J connectivity index is 2.24. The molecular formula is C10H16N2O3S. The maximum absolute atomic E-state index is 10.6. The van der Waals surface area contributed by atoms with E-state index in [2.05, 4.69) is 5.32 Å². The second-order valence-electron chi connectivity index (χ2n) is 3.53. The molecule has 0 bridgehead atoms. The number of phenolic OH excluding ortho intramolecular Hbond substituents is 1. The van der Waals surface area contributed by atoms with Crippen molar-refractivity contribution in [1.82, 2.24) is 5.32 Å². The second-order valence-corrected chi connectivity index (χ2v) is 5.26. The van der Waals surface area contributed by atoms with Crippen molar-refractivity contribution < 1.29 is 13.5 Å². The molecule has 0 aromatic heterocycles. The van der Waals surface area contributed by atoms with E-state index in [-0.39, 0.29) is 11.5 Å². The standard InChI is InChI=1S/C10H16N2O3S/c11-16(14,15)7-3-6-12-8-9-4-1-2-5-10(9)13/h1-2,4-5,12-13H,3,6-8H2,(H2,11,14,15). The lowest BCUT2D eigenvalue weighted by atomic mass is 10.2. The second kappa shape index (κ2) is 5.83. The number of primary sulfonamides is 1. The van der Waals surface area contributed by atoms with Crippen LogP contribution in [0.2, 0.25) is 0 Å². The Hall–Kier alpha value is -1.11. The van der Waals surface area contributed by atoms with Gasteiger partial charge in [0.05, 0.1) is 5.75 Å². The first kappa shape index (κ1) is 13.0. The van der Waals surface area contributed by atoms with Crippen LogP contribution in [0.25, 0.3) is 0 Å². The van der Waals surface area contributed by atoms with Crippen LogP contribution in [0.1, 0.15) is 12.0 Å². The Morgan fingerprint density at radius 1 is 1.31 bits per heavy atom. The lowest BCUT2D eigenvalue weighted by Crippen LogP contribution is -2.22. The van der Waals surface area contributed by atoms with Gasteiger partial charge in [-0.1, -0.05) is 18.2 Å². The maximum Gasteiger partial charge on any atom is 0.209 e. The summed E-state index contributed by atoms with van der Waals surface area (Å²) in [6.07, 6.45) is 0.465. The Labute approximate surface area is 95.3 Å². The van der Waals surface area contributed by atoms with Gasteiger partial charge in [-0.3, -0.25) is 0 Å². The van der Waals surface area contributed by atoms with Gasteiger partial charge in [0.25, 0.3) is 0 Å². The smallest absolute Gasteiger partial charge is 0.209 e. The molecule has 0 unspecified atom stereocenters. The van der Waals surface area contributed by atoms with Crippen LogP contribution < -0.4 is 10.5 Å². The van der Waals surface area contributed by atoms with E-state index in [4.69, 9.17) is 5.14 Å². The van der Waals surface area contributed by atoms with Crippen molar-refractivity contribution in [3.8, 4) is 5.75 Å². The number of nitrogens with one attached hydrogen (secondary N) is 1. The average molecular weight is 244 g/mol. The van der Waals surface area contributed by atoms with E-state index < -0.39 is 10.0 Å². The Kier molecular flexibility index (Phi) is 4.72. The minimum Gasteiger partial charge on any atom is -0.508 e. The van der Waals surface area contributed by atoms with Crippen molar-refractivity contribution in [2.75, 3.05) is 12.3 Å². The quantitative estimate of drug-likeness (QED) is 0.621. The van der Waals surface area contributed by atoms with Gasteiger partial charge in [0.1, 0.15) is 5.75 Å². The predicted molar refractivity (Wildman–Crippen MR) is 62.4 cm³/mol. The van der Waals surface area contributed by atoms with Crippen LogP contribution in [0.3, 0.4) is 0 Å². The van der Waals surface area contributed by atoms with Gasteiger partial charge in [0.2, 0.25) is 10.0 Å². The first-order chi connectivity index (χ1) is 7.49. The minimum absolute atomic E-state index is 0.0270. The number of hydrogen-bond donors (Lipinski definition) is 3. The monoisotopic (exact) mass is 244 g/mol. The Morgan fingerprint density at radius 3 is 2.62 bits per heavy atom. The van der Waals surface area contributed by atoms with Crippen LogP contribution >= 0.6 is 0 Å². The summed E-state index contributed by atoms with van der Waals surface area (Å²) in [6, 6.07) is 7.00. The number of hydrogen-bond acceptors (Lipinski definition) is 4. The number of aromatic hydroxyl groups is 1. The fourth-order valence-corrected chi connectivity index (χ4v) is 1.83. The molecular weight excluding hydrogens is 228 g/mol. The largest absolute Gasteiger partial charge is 0.508 e. The lowest BCUT2D eigenvalue weighted by Gasteiger charge is -2.05. The molecule has 0 aliphatic carbocycles. The molecule has 0 saturated carbocycles. The zero-order valence-corrected chi connectivity index (χ0v) is 9.70. The summed E-state index contributed by atoms with van der Waals surface area (Å²) in [6.45, 7) is 1.06. The molecule has 0 aliphatic rings. The van der Waals surface area contributed by atoms with E-state index in [1.807, 2.05) is 12.1 Å². The van der Waals surface area contributed by atoms with Crippen LogP contribution in [0, 0.1) is 0 Å². The first-order valence-electron chi connectivity index (χ1n) is 4.97. The molecule has 0 fully saturated rings. The zero-order chi connectivity index (χ0) is 12.0. The van der Waals surface area contributed by atoms with Crippen molar-refractivity contribution in [2.24, 2.45) is 5.14 Å². The van der Waals surface area contributed by atoms with Gasteiger partial charge < -0.3 is 10.4 Å². The van der Waals surface area contributed by atoms with Crippen LogP contribution in [0.4, 0.5) is 0 Å². The first-order valence-corrected chi connectivity index (χ1v) is 6.68. The summed E-state index contributed by atoms with van der Waals surface area (Å²) >= 11 is 0. The van der Waals surface area contributed by atoms with E-state index in [9.17, 15) is 13.5 Å². The molecule has 0 saturated heterocycles. The minimum atomic E-state index is -3.37. The van der Waals surface area contributed by atoms with E-state index in [1.165, 1.54) is 0 Å². The van der Waals surface area contributed by atoms with Crippen LogP contribution in [-0.4, -0.2) is 25.8 Å². The van der Waals surface area contributed by atoms with Crippen LogP contribution in [-0.2, 0) is 16.6 Å². The van der Waals surface area contributed by atoms with E-state index in [1.54, 1.807) is 12.1 Å². The molecule has 0 amide bonds. The SMILES string of the molecule is NS(=O)(=O)CCCNCc1ccccc1O. The summed E-state index contributed by atoms with van der Waals surface area (Å²) in [4.78, 5) is 0. The number of benzene rings is 1. The molecule has 4 N–H and O–H groups in total. The third-order valence-corrected chi connectivity index (χ3v) is 2.95. The molecule has 1 rings (SSSR count). The fraction of sp³-hybridized carbons (Fsp3) is 0.400. The zero-order valence-electron chi connectivity index (χ0n) is 8.89. The molecule has 6 heteroatoms. The van der Waals surface area contributed by atoms with E-state index in [0.29, 0.717) is 19.5 Å². The van der Waals surface area contributed by atoms with Crippen molar-refractivity contribution in [3.63, 3.8) is 0 Å². The Morgan fingerprint density at radius 2 is 2.00 bits per heavy atom. The molecule has 90 valence electrons. The maximum atomic E-state index is 10.6. The average Bonchev–Trinajstić information content (AvgIpc) is 2.18. The third kappa shape index (κ3) is 5.11.